The van der Waals surface area contributed by atoms with Gasteiger partial charge in [-0.15, -0.1) is 0 Å². The minimum absolute atomic E-state index is 0.160. The number of imide groups is 1. The zero-order valence-electron chi connectivity index (χ0n) is 22.1. The van der Waals surface area contributed by atoms with E-state index in [-0.39, 0.29) is 23.1 Å². The van der Waals surface area contributed by atoms with Crippen LogP contribution in [-0.2, 0) is 24.2 Å². The molecule has 1 aromatic carbocycles. The SMILES string of the molecule is CC(C)N(C)C1CCC(CS(=O)(=O)c2ccccc2)(N2C(=O)C[C@H](NC(=O)OC(C)(C)C)C2=O)CC1. The summed E-state index contributed by atoms with van der Waals surface area (Å²) >= 11 is 0. The second-order valence-corrected chi connectivity index (χ2v) is 13.2. The van der Waals surface area contributed by atoms with E-state index in [0.717, 1.165) is 4.90 Å². The van der Waals surface area contributed by atoms with E-state index in [1.54, 1.807) is 39.0 Å². The highest BCUT2D eigenvalue weighted by Gasteiger charge is 2.54. The highest BCUT2D eigenvalue weighted by atomic mass is 32.2. The largest absolute Gasteiger partial charge is 0.444 e. The van der Waals surface area contributed by atoms with Crippen molar-refractivity contribution in [2.24, 2.45) is 0 Å². The molecule has 2 aliphatic rings. The molecule has 0 aromatic heterocycles. The summed E-state index contributed by atoms with van der Waals surface area (Å²) in [6.45, 7) is 9.31. The Labute approximate surface area is 214 Å². The Morgan fingerprint density at radius 3 is 2.28 bits per heavy atom. The molecule has 1 saturated heterocycles. The second-order valence-electron chi connectivity index (χ2n) is 11.3. The summed E-state index contributed by atoms with van der Waals surface area (Å²) < 4.78 is 32.2. The summed E-state index contributed by atoms with van der Waals surface area (Å²) in [6, 6.07) is 7.56. The molecule has 10 heteroatoms. The first-order valence-corrected chi connectivity index (χ1v) is 14.2. The molecule has 1 N–H and O–H groups in total. The molecular formula is C26H39N3O6S. The van der Waals surface area contributed by atoms with Crippen molar-refractivity contribution in [1.82, 2.24) is 15.1 Å². The van der Waals surface area contributed by atoms with Gasteiger partial charge in [0.2, 0.25) is 5.91 Å². The number of ether oxygens (including phenoxy) is 1. The van der Waals surface area contributed by atoms with E-state index in [1.807, 2.05) is 7.05 Å². The van der Waals surface area contributed by atoms with Gasteiger partial charge in [0.15, 0.2) is 9.84 Å². The van der Waals surface area contributed by atoms with E-state index in [0.29, 0.717) is 31.7 Å². The average molecular weight is 522 g/mol. The second kappa shape index (κ2) is 10.5. The minimum atomic E-state index is -3.79. The number of rotatable bonds is 7. The Morgan fingerprint density at radius 1 is 1.17 bits per heavy atom. The molecule has 1 saturated carbocycles. The summed E-state index contributed by atoms with van der Waals surface area (Å²) in [4.78, 5) is 42.6. The van der Waals surface area contributed by atoms with E-state index in [2.05, 4.69) is 24.1 Å². The number of nitrogens with zero attached hydrogens (tertiary/aromatic N) is 2. The monoisotopic (exact) mass is 521 g/mol. The van der Waals surface area contributed by atoms with Crippen LogP contribution in [0, 0.1) is 0 Å². The third-order valence-corrected chi connectivity index (χ3v) is 9.06. The van der Waals surface area contributed by atoms with Crippen LogP contribution >= 0.6 is 0 Å². The number of amides is 3. The third-order valence-electron chi connectivity index (χ3n) is 7.15. The van der Waals surface area contributed by atoms with Crippen LogP contribution in [0.4, 0.5) is 4.79 Å². The first-order valence-electron chi connectivity index (χ1n) is 12.5. The van der Waals surface area contributed by atoms with Gasteiger partial charge in [-0.3, -0.25) is 14.5 Å². The van der Waals surface area contributed by atoms with Gasteiger partial charge in [0.05, 0.1) is 22.6 Å². The highest BCUT2D eigenvalue weighted by Crippen LogP contribution is 2.40. The van der Waals surface area contributed by atoms with Crippen molar-refractivity contribution in [3.05, 3.63) is 30.3 Å². The fraction of sp³-hybridized carbons (Fsp3) is 0.654. The number of carbonyl (C=O) groups is 3. The lowest BCUT2D eigenvalue weighted by Crippen LogP contribution is -2.60. The van der Waals surface area contributed by atoms with Crippen LogP contribution in [0.1, 0.15) is 66.7 Å². The van der Waals surface area contributed by atoms with E-state index in [1.165, 1.54) is 12.1 Å². The van der Waals surface area contributed by atoms with Gasteiger partial charge in [0.25, 0.3) is 5.91 Å². The maximum atomic E-state index is 13.5. The Morgan fingerprint density at radius 2 is 1.75 bits per heavy atom. The van der Waals surface area contributed by atoms with Crippen molar-refractivity contribution >= 4 is 27.7 Å². The van der Waals surface area contributed by atoms with Crippen LogP contribution in [0.3, 0.4) is 0 Å². The lowest BCUT2D eigenvalue weighted by atomic mass is 9.78. The zero-order valence-corrected chi connectivity index (χ0v) is 22.9. The van der Waals surface area contributed by atoms with Gasteiger partial charge in [0, 0.05) is 12.1 Å². The van der Waals surface area contributed by atoms with Crippen LogP contribution < -0.4 is 5.32 Å². The molecule has 3 amide bonds. The molecule has 9 nitrogen and oxygen atoms in total. The maximum Gasteiger partial charge on any atom is 0.408 e. The number of likely N-dealkylation sites (tertiary alicyclic amines) is 1. The van der Waals surface area contributed by atoms with E-state index in [9.17, 15) is 22.8 Å². The Balaban J connectivity index is 1.90. The molecule has 0 spiro atoms. The quantitative estimate of drug-likeness (QED) is 0.549. The molecule has 3 rings (SSSR count). The Hall–Kier alpha value is -2.46. The summed E-state index contributed by atoms with van der Waals surface area (Å²) in [6.07, 6.45) is 1.04. The molecule has 0 unspecified atom stereocenters. The van der Waals surface area contributed by atoms with E-state index in [4.69, 9.17) is 4.74 Å². The van der Waals surface area contributed by atoms with Gasteiger partial charge in [0.1, 0.15) is 11.6 Å². The minimum Gasteiger partial charge on any atom is -0.444 e. The highest BCUT2D eigenvalue weighted by molar-refractivity contribution is 7.91. The molecule has 200 valence electrons. The Bertz CT molecular complexity index is 1070. The van der Waals surface area contributed by atoms with Gasteiger partial charge in [-0.1, -0.05) is 18.2 Å². The fourth-order valence-electron chi connectivity index (χ4n) is 5.16. The first-order chi connectivity index (χ1) is 16.7. The number of hydrogen-bond donors (Lipinski definition) is 1. The van der Waals surface area contributed by atoms with Crippen molar-refractivity contribution in [2.75, 3.05) is 12.8 Å². The summed E-state index contributed by atoms with van der Waals surface area (Å²) in [5.41, 5.74) is -1.94. The molecule has 1 atom stereocenters. The number of carbonyl (C=O) groups excluding carboxylic acids is 3. The summed E-state index contributed by atoms with van der Waals surface area (Å²) in [5.74, 6) is -1.40. The van der Waals surface area contributed by atoms with Gasteiger partial charge in [-0.05, 0) is 79.5 Å². The maximum absolute atomic E-state index is 13.5. The van der Waals surface area contributed by atoms with Gasteiger partial charge in [-0.2, -0.15) is 0 Å². The lowest BCUT2D eigenvalue weighted by Gasteiger charge is -2.47. The first kappa shape index (κ1) is 28.1. The number of nitrogens with one attached hydrogen (secondary N) is 1. The lowest BCUT2D eigenvalue weighted by molar-refractivity contribution is -0.147. The summed E-state index contributed by atoms with van der Waals surface area (Å²) in [5, 5.41) is 2.51. The molecule has 0 bridgehead atoms. The molecule has 1 aromatic rings. The van der Waals surface area contributed by atoms with Crippen LogP contribution in [0.15, 0.2) is 35.2 Å². The van der Waals surface area contributed by atoms with Gasteiger partial charge in [-0.25, -0.2) is 13.2 Å². The fourth-order valence-corrected chi connectivity index (χ4v) is 7.02. The van der Waals surface area contributed by atoms with Crippen molar-refractivity contribution in [1.29, 1.82) is 0 Å². The van der Waals surface area contributed by atoms with Crippen LogP contribution in [0.2, 0.25) is 0 Å². The molecule has 0 radical (unpaired) electrons. The van der Waals surface area contributed by atoms with Gasteiger partial charge >= 0.3 is 6.09 Å². The molecule has 2 fully saturated rings. The third kappa shape index (κ3) is 6.26. The molecule has 1 aliphatic carbocycles. The predicted molar refractivity (Wildman–Crippen MR) is 136 cm³/mol. The van der Waals surface area contributed by atoms with Crippen LogP contribution in [-0.4, -0.2) is 78.2 Å². The standard InChI is InChI=1S/C26H39N3O6S/c1-18(2)28(6)19-12-14-26(15-13-19,17-36(33,34)20-10-8-7-9-11-20)29-22(30)16-21(23(29)31)27-24(32)35-25(3,4)5/h7-11,18-19,21H,12-17H2,1-6H3,(H,27,32)/t19?,21-,26?/m0/s1. The average Bonchev–Trinajstić information content (AvgIpc) is 3.05. The smallest absolute Gasteiger partial charge is 0.408 e. The van der Waals surface area contributed by atoms with Crippen LogP contribution in [0.25, 0.3) is 0 Å². The van der Waals surface area contributed by atoms with E-state index >= 15 is 0 Å². The molecule has 1 heterocycles. The molecule has 1 aliphatic heterocycles. The summed E-state index contributed by atoms with van der Waals surface area (Å²) in [7, 11) is -1.76. The van der Waals surface area contributed by atoms with Crippen LogP contribution in [0.5, 0.6) is 0 Å². The molecular weight excluding hydrogens is 482 g/mol. The Kier molecular flexibility index (Phi) is 8.20. The van der Waals surface area contributed by atoms with Crippen molar-refractivity contribution in [3.63, 3.8) is 0 Å². The number of hydrogen-bond acceptors (Lipinski definition) is 7. The number of alkyl carbamates (subject to hydrolysis) is 1. The van der Waals surface area contributed by atoms with Crippen molar-refractivity contribution in [2.45, 2.75) is 101 Å². The number of benzene rings is 1. The van der Waals surface area contributed by atoms with E-state index < -0.39 is 44.9 Å². The topological polar surface area (TPSA) is 113 Å². The normalized spacial score (nSPS) is 25.5. The van der Waals surface area contributed by atoms with Crippen molar-refractivity contribution in [3.8, 4) is 0 Å². The number of sulfone groups is 1. The predicted octanol–water partition coefficient (Wildman–Crippen LogP) is 3.13. The van der Waals surface area contributed by atoms with Gasteiger partial charge < -0.3 is 15.0 Å². The molecule has 36 heavy (non-hydrogen) atoms. The van der Waals surface area contributed by atoms with Crippen molar-refractivity contribution < 1.29 is 27.5 Å². The zero-order chi connectivity index (χ0) is 26.9.